The molecule has 0 aromatic rings. The van der Waals surface area contributed by atoms with E-state index in [9.17, 15) is 5.11 Å². The van der Waals surface area contributed by atoms with Crippen LogP contribution in [0.1, 0.15) is 53.9 Å². The molecule has 0 aliphatic heterocycles. The predicted octanol–water partition coefficient (Wildman–Crippen LogP) is 3.74. The number of methoxy groups -OCH3 is 2. The van der Waals surface area contributed by atoms with Crippen LogP contribution in [0.15, 0.2) is 12.2 Å². The number of hydrogen-bond donors (Lipinski definition) is 1. The summed E-state index contributed by atoms with van der Waals surface area (Å²) in [4.78, 5) is 0. The fourth-order valence-electron chi connectivity index (χ4n) is 3.93. The third kappa shape index (κ3) is 3.35. The Hall–Kier alpha value is -1.02. The quantitative estimate of drug-likeness (QED) is 0.455. The van der Waals surface area contributed by atoms with Crippen LogP contribution < -0.4 is 0 Å². The van der Waals surface area contributed by atoms with Gasteiger partial charge in [-0.05, 0) is 38.5 Å². The second kappa shape index (κ2) is 7.91. The Morgan fingerprint density at radius 1 is 1.33 bits per heavy atom. The molecule has 24 heavy (non-hydrogen) atoms. The fourth-order valence-corrected chi connectivity index (χ4v) is 3.93. The van der Waals surface area contributed by atoms with Crippen molar-refractivity contribution in [1.82, 2.24) is 0 Å². The molecule has 1 aliphatic rings. The van der Waals surface area contributed by atoms with E-state index >= 15 is 0 Å². The van der Waals surface area contributed by atoms with Crippen LogP contribution in [0.25, 0.3) is 0 Å². The Morgan fingerprint density at radius 2 is 1.92 bits per heavy atom. The third-order valence-electron chi connectivity index (χ3n) is 6.30. The zero-order valence-electron chi connectivity index (χ0n) is 16.4. The Kier molecular flexibility index (Phi) is 6.93. The van der Waals surface area contributed by atoms with Crippen molar-refractivity contribution in [3.05, 3.63) is 12.2 Å². The van der Waals surface area contributed by atoms with E-state index in [1.54, 1.807) is 14.2 Å². The highest BCUT2D eigenvalue weighted by molar-refractivity contribution is 5.32. The molecule has 4 nitrogen and oxygen atoms in total. The first-order valence-corrected chi connectivity index (χ1v) is 8.70. The molecule has 4 atom stereocenters. The summed E-state index contributed by atoms with van der Waals surface area (Å²) in [5.74, 6) is 3.31. The normalized spacial score (nSPS) is 36.1. The van der Waals surface area contributed by atoms with Gasteiger partial charge in [-0.15, -0.1) is 0 Å². The van der Waals surface area contributed by atoms with Gasteiger partial charge in [0.15, 0.2) is 6.29 Å². The van der Waals surface area contributed by atoms with Crippen LogP contribution in [0.2, 0.25) is 0 Å². The molecule has 0 aromatic carbocycles. The van der Waals surface area contributed by atoms with E-state index < -0.39 is 22.7 Å². The molecule has 0 radical (unpaired) electrons. The SMILES string of the molecule is C=C(C)[C@]1(C)CC[C@@H](C)[C@](C)(CC(OC)OC)C1(O)C#COCC. The molecule has 0 bridgehead atoms. The van der Waals surface area contributed by atoms with Crippen molar-refractivity contribution in [3.8, 4) is 12.0 Å². The van der Waals surface area contributed by atoms with Crippen LogP contribution >= 0.6 is 0 Å². The highest BCUT2D eigenvalue weighted by atomic mass is 16.7. The second-order valence-corrected chi connectivity index (χ2v) is 7.45. The monoisotopic (exact) mass is 338 g/mol. The summed E-state index contributed by atoms with van der Waals surface area (Å²) in [6.07, 6.45) is 4.68. The first kappa shape index (κ1) is 21.0. The van der Waals surface area contributed by atoms with Gasteiger partial charge in [-0.3, -0.25) is 0 Å². The van der Waals surface area contributed by atoms with Crippen LogP contribution in [0, 0.1) is 28.8 Å². The summed E-state index contributed by atoms with van der Waals surface area (Å²) in [5.41, 5.74) is -1.40. The minimum absolute atomic E-state index is 0.249. The molecule has 0 spiro atoms. The molecule has 1 saturated carbocycles. The number of rotatable bonds is 6. The minimum Gasteiger partial charge on any atom is -0.447 e. The molecule has 1 fully saturated rings. The molecule has 138 valence electrons. The van der Waals surface area contributed by atoms with Crippen molar-refractivity contribution in [2.45, 2.75) is 65.8 Å². The van der Waals surface area contributed by atoms with Crippen molar-refractivity contribution < 1.29 is 19.3 Å². The van der Waals surface area contributed by atoms with E-state index in [2.05, 4.69) is 39.4 Å². The molecule has 0 aromatic heterocycles. The first-order chi connectivity index (χ1) is 11.1. The predicted molar refractivity (Wildman–Crippen MR) is 96.2 cm³/mol. The van der Waals surface area contributed by atoms with Gasteiger partial charge in [0.25, 0.3) is 0 Å². The zero-order valence-corrected chi connectivity index (χ0v) is 16.4. The van der Waals surface area contributed by atoms with Gasteiger partial charge in [0.2, 0.25) is 0 Å². The van der Waals surface area contributed by atoms with Crippen molar-refractivity contribution >= 4 is 0 Å². The summed E-state index contributed by atoms with van der Waals surface area (Å²) < 4.78 is 16.1. The molecule has 0 heterocycles. The smallest absolute Gasteiger partial charge is 0.157 e. The average molecular weight is 338 g/mol. The highest BCUT2D eigenvalue weighted by Gasteiger charge is 2.63. The lowest BCUT2D eigenvalue weighted by molar-refractivity contribution is -0.204. The summed E-state index contributed by atoms with van der Waals surface area (Å²) in [6.45, 7) is 14.8. The van der Waals surface area contributed by atoms with Gasteiger partial charge < -0.3 is 19.3 Å². The lowest BCUT2D eigenvalue weighted by Crippen LogP contribution is -2.63. The van der Waals surface area contributed by atoms with Gasteiger partial charge in [0.1, 0.15) is 11.7 Å². The molecule has 1 aliphatic carbocycles. The van der Waals surface area contributed by atoms with Crippen LogP contribution in [0.4, 0.5) is 0 Å². The van der Waals surface area contributed by atoms with Crippen molar-refractivity contribution in [1.29, 1.82) is 0 Å². The van der Waals surface area contributed by atoms with Gasteiger partial charge in [-0.2, -0.15) is 0 Å². The Bertz CT molecular complexity index is 502. The molecular formula is C20H34O4. The average Bonchev–Trinajstić information content (AvgIpc) is 2.55. The standard InChI is InChI=1S/C20H34O4/c1-9-24-13-12-20(21)18(5,15(2)3)11-10-16(4)19(20,6)14-17(22-7)23-8/h16-17,21H,2,9-11,14H2,1,3-8H3/t16-,18+,19+,20?/m1/s1. The van der Waals surface area contributed by atoms with Crippen LogP contribution in [-0.4, -0.2) is 37.8 Å². The minimum atomic E-state index is -1.28. The van der Waals surface area contributed by atoms with Crippen LogP contribution in [0.5, 0.6) is 0 Å². The van der Waals surface area contributed by atoms with E-state index in [0.29, 0.717) is 13.0 Å². The van der Waals surface area contributed by atoms with E-state index in [1.165, 1.54) is 0 Å². The van der Waals surface area contributed by atoms with E-state index in [4.69, 9.17) is 14.2 Å². The molecule has 1 N–H and O–H groups in total. The largest absolute Gasteiger partial charge is 0.447 e. The number of ether oxygens (including phenoxy) is 3. The topological polar surface area (TPSA) is 47.9 Å². The molecule has 0 amide bonds. The third-order valence-corrected chi connectivity index (χ3v) is 6.30. The summed E-state index contributed by atoms with van der Waals surface area (Å²) in [6, 6.07) is 0. The van der Waals surface area contributed by atoms with Gasteiger partial charge >= 0.3 is 0 Å². The van der Waals surface area contributed by atoms with Gasteiger partial charge in [0.05, 0.1) is 6.61 Å². The highest BCUT2D eigenvalue weighted by Crippen LogP contribution is 2.60. The van der Waals surface area contributed by atoms with Crippen molar-refractivity contribution in [2.24, 2.45) is 16.7 Å². The van der Waals surface area contributed by atoms with Crippen molar-refractivity contribution in [2.75, 3.05) is 20.8 Å². The molecule has 4 heteroatoms. The van der Waals surface area contributed by atoms with Gasteiger partial charge in [-0.1, -0.05) is 32.9 Å². The lowest BCUT2D eigenvalue weighted by atomic mass is 9.47. The lowest BCUT2D eigenvalue weighted by Gasteiger charge is -2.59. The summed E-state index contributed by atoms with van der Waals surface area (Å²) in [7, 11) is 3.24. The maximum atomic E-state index is 11.9. The molecule has 0 saturated heterocycles. The second-order valence-electron chi connectivity index (χ2n) is 7.45. The maximum absolute atomic E-state index is 11.9. The van der Waals surface area contributed by atoms with Gasteiger partial charge in [0, 0.05) is 31.5 Å². The fraction of sp³-hybridized carbons (Fsp3) is 0.800. The van der Waals surface area contributed by atoms with E-state index in [1.807, 2.05) is 13.8 Å². The Morgan fingerprint density at radius 3 is 2.38 bits per heavy atom. The van der Waals surface area contributed by atoms with Crippen LogP contribution in [-0.2, 0) is 14.2 Å². The van der Waals surface area contributed by atoms with E-state index in [0.717, 1.165) is 18.4 Å². The van der Waals surface area contributed by atoms with Crippen molar-refractivity contribution in [3.63, 3.8) is 0 Å². The van der Waals surface area contributed by atoms with Crippen LogP contribution in [0.3, 0.4) is 0 Å². The molecule has 1 rings (SSSR count). The van der Waals surface area contributed by atoms with Gasteiger partial charge in [-0.25, -0.2) is 0 Å². The zero-order chi connectivity index (χ0) is 18.6. The molecular weight excluding hydrogens is 304 g/mol. The van der Waals surface area contributed by atoms with E-state index in [-0.39, 0.29) is 5.92 Å². The molecule has 1 unspecified atom stereocenters. The first-order valence-electron chi connectivity index (χ1n) is 8.70. The Balaban J connectivity index is 3.48. The summed E-state index contributed by atoms with van der Waals surface area (Å²) in [5, 5.41) is 11.9. The maximum Gasteiger partial charge on any atom is 0.157 e. The Labute approximate surface area is 147 Å². The summed E-state index contributed by atoms with van der Waals surface area (Å²) >= 11 is 0. The number of hydrogen-bond acceptors (Lipinski definition) is 4. The number of aliphatic hydroxyl groups is 1.